The van der Waals surface area contributed by atoms with Crippen molar-refractivity contribution in [3.8, 4) is 5.82 Å². The Balaban J connectivity index is 1.52. The molecule has 2 atom stereocenters. The Hall–Kier alpha value is -2.57. The Morgan fingerprint density at radius 2 is 1.64 bits per heavy atom. The molecule has 1 fully saturated rings. The minimum Gasteiger partial charge on any atom is -0.254 e. The highest BCUT2D eigenvalue weighted by Crippen LogP contribution is 2.21. The summed E-state index contributed by atoms with van der Waals surface area (Å²) in [5, 5.41) is 4.79. The highest BCUT2D eigenvalue weighted by Gasteiger charge is 2.29. The zero-order chi connectivity index (χ0) is 19.3. The number of benzene rings is 1. The fraction of sp³-hybridized carbons (Fsp3) is 0.409. The maximum absolute atomic E-state index is 4.88. The van der Waals surface area contributed by atoms with Crippen LogP contribution >= 0.6 is 0 Å². The molecule has 0 radical (unpaired) electrons. The Kier molecular flexibility index (Phi) is 5.78. The number of aryl methyl sites for hydroxylation is 3. The van der Waals surface area contributed by atoms with Crippen LogP contribution in [-0.4, -0.2) is 31.8 Å². The molecule has 0 amide bonds. The van der Waals surface area contributed by atoms with E-state index >= 15 is 0 Å². The molecule has 0 saturated carbocycles. The Morgan fingerprint density at radius 3 is 2.36 bits per heavy atom. The van der Waals surface area contributed by atoms with Crippen LogP contribution in [0.5, 0.6) is 0 Å². The maximum Gasteiger partial charge on any atom is 0.155 e. The first-order valence-electron chi connectivity index (χ1n) is 10.1. The molecule has 2 N–H and O–H groups in total. The number of nitrogens with zero attached hydrogens (tertiary/aromatic N) is 4. The molecular weight excluding hydrogens is 348 g/mol. The average molecular weight is 377 g/mol. The summed E-state index contributed by atoms with van der Waals surface area (Å²) in [5.41, 5.74) is 7.99. The summed E-state index contributed by atoms with van der Waals surface area (Å²) < 4.78 is 1.92. The van der Waals surface area contributed by atoms with Gasteiger partial charge in [0.25, 0.3) is 0 Å². The molecule has 0 spiro atoms. The summed E-state index contributed by atoms with van der Waals surface area (Å²) in [4.78, 5) is 9.37. The third kappa shape index (κ3) is 4.29. The molecule has 3 heterocycles. The number of aromatic nitrogens is 4. The SMILES string of the molecule is CC1NNC(C)C1CCc1nc(CCc2ccccc2)nn1-c1ccccn1. The minimum absolute atomic E-state index is 0.457. The van der Waals surface area contributed by atoms with Gasteiger partial charge in [-0.25, -0.2) is 9.97 Å². The van der Waals surface area contributed by atoms with Crippen molar-refractivity contribution in [3.63, 3.8) is 0 Å². The lowest BCUT2D eigenvalue weighted by Crippen LogP contribution is -2.30. The van der Waals surface area contributed by atoms with Crippen molar-refractivity contribution in [3.05, 3.63) is 71.9 Å². The molecule has 4 rings (SSSR count). The summed E-state index contributed by atoms with van der Waals surface area (Å²) >= 11 is 0. The van der Waals surface area contributed by atoms with Crippen LogP contribution in [-0.2, 0) is 19.3 Å². The van der Waals surface area contributed by atoms with Gasteiger partial charge in [-0.1, -0.05) is 36.4 Å². The van der Waals surface area contributed by atoms with Gasteiger partial charge in [-0.15, -0.1) is 5.10 Å². The van der Waals surface area contributed by atoms with Gasteiger partial charge in [-0.2, -0.15) is 4.68 Å². The first-order valence-corrected chi connectivity index (χ1v) is 10.1. The van der Waals surface area contributed by atoms with Crippen LogP contribution in [0.1, 0.15) is 37.5 Å². The van der Waals surface area contributed by atoms with Gasteiger partial charge in [0.2, 0.25) is 0 Å². The third-order valence-electron chi connectivity index (χ3n) is 5.59. The Morgan fingerprint density at radius 1 is 0.893 bits per heavy atom. The molecule has 1 aliphatic rings. The third-order valence-corrected chi connectivity index (χ3v) is 5.59. The largest absolute Gasteiger partial charge is 0.254 e. The molecule has 6 nitrogen and oxygen atoms in total. The molecule has 28 heavy (non-hydrogen) atoms. The second-order valence-electron chi connectivity index (χ2n) is 7.60. The number of hydrogen-bond acceptors (Lipinski definition) is 5. The second-order valence-corrected chi connectivity index (χ2v) is 7.60. The summed E-state index contributed by atoms with van der Waals surface area (Å²) in [7, 11) is 0. The predicted octanol–water partition coefficient (Wildman–Crippen LogP) is 2.88. The molecule has 2 aromatic heterocycles. The van der Waals surface area contributed by atoms with Crippen molar-refractivity contribution in [2.45, 2.75) is 51.6 Å². The maximum atomic E-state index is 4.88. The van der Waals surface area contributed by atoms with E-state index in [9.17, 15) is 0 Å². The van der Waals surface area contributed by atoms with E-state index in [0.29, 0.717) is 18.0 Å². The lowest BCUT2D eigenvalue weighted by molar-refractivity contribution is 0.408. The van der Waals surface area contributed by atoms with Crippen LogP contribution in [0, 0.1) is 5.92 Å². The first kappa shape index (κ1) is 18.8. The average Bonchev–Trinajstić information content (AvgIpc) is 3.29. The number of hydrogen-bond donors (Lipinski definition) is 2. The normalized spacial score (nSPS) is 21.9. The summed E-state index contributed by atoms with van der Waals surface area (Å²) in [6.45, 7) is 4.46. The first-order chi connectivity index (χ1) is 13.7. The van der Waals surface area contributed by atoms with Crippen LogP contribution in [0.4, 0.5) is 0 Å². The van der Waals surface area contributed by atoms with Gasteiger partial charge in [-0.05, 0) is 50.3 Å². The standard InChI is InChI=1S/C22H28N6/c1-16-19(17(2)26-25-16)12-14-22-24-20(13-11-18-8-4-3-5-9-18)27-28(22)21-10-6-7-15-23-21/h3-10,15-17,19,25-26H,11-14H2,1-2H3. The van der Waals surface area contributed by atoms with Gasteiger partial charge >= 0.3 is 0 Å². The van der Waals surface area contributed by atoms with Crippen molar-refractivity contribution >= 4 is 0 Å². The smallest absolute Gasteiger partial charge is 0.155 e. The molecule has 146 valence electrons. The zero-order valence-electron chi connectivity index (χ0n) is 16.5. The lowest BCUT2D eigenvalue weighted by Gasteiger charge is -2.17. The van der Waals surface area contributed by atoms with Gasteiger partial charge in [0, 0.05) is 31.1 Å². The summed E-state index contributed by atoms with van der Waals surface area (Å²) in [5.74, 6) is 3.28. The van der Waals surface area contributed by atoms with Gasteiger partial charge in [0.15, 0.2) is 11.6 Å². The van der Waals surface area contributed by atoms with E-state index in [2.05, 4.69) is 53.9 Å². The van der Waals surface area contributed by atoms with Gasteiger partial charge in [0.05, 0.1) is 0 Å². The summed E-state index contributed by atoms with van der Waals surface area (Å²) in [6, 6.07) is 17.3. The van der Waals surface area contributed by atoms with Crippen LogP contribution in [0.15, 0.2) is 54.7 Å². The monoisotopic (exact) mass is 376 g/mol. The Bertz CT molecular complexity index is 867. The topological polar surface area (TPSA) is 67.7 Å². The van der Waals surface area contributed by atoms with Gasteiger partial charge in [-0.3, -0.25) is 10.9 Å². The molecule has 1 aliphatic heterocycles. The van der Waals surface area contributed by atoms with E-state index in [-0.39, 0.29) is 0 Å². The summed E-state index contributed by atoms with van der Waals surface area (Å²) in [6.07, 6.45) is 5.52. The molecule has 0 bridgehead atoms. The van der Waals surface area contributed by atoms with Crippen LogP contribution in [0.25, 0.3) is 5.82 Å². The zero-order valence-corrected chi connectivity index (χ0v) is 16.5. The Labute approximate surface area is 166 Å². The van der Waals surface area contributed by atoms with Gasteiger partial charge < -0.3 is 0 Å². The van der Waals surface area contributed by atoms with E-state index in [1.54, 1.807) is 6.20 Å². The molecule has 3 aromatic rings. The van der Waals surface area contributed by atoms with E-state index in [4.69, 9.17) is 10.1 Å². The van der Waals surface area contributed by atoms with Crippen molar-refractivity contribution in [2.24, 2.45) is 5.92 Å². The van der Waals surface area contributed by atoms with Crippen molar-refractivity contribution < 1.29 is 0 Å². The van der Waals surface area contributed by atoms with Crippen LogP contribution in [0.2, 0.25) is 0 Å². The van der Waals surface area contributed by atoms with Crippen LogP contribution < -0.4 is 10.9 Å². The van der Waals surface area contributed by atoms with Crippen LogP contribution in [0.3, 0.4) is 0 Å². The van der Waals surface area contributed by atoms with Crippen molar-refractivity contribution in [2.75, 3.05) is 0 Å². The lowest BCUT2D eigenvalue weighted by atomic mass is 9.91. The number of hydrazine groups is 1. The molecule has 6 heteroatoms. The highest BCUT2D eigenvalue weighted by atomic mass is 15.4. The minimum atomic E-state index is 0.457. The second kappa shape index (κ2) is 8.63. The molecule has 1 aromatic carbocycles. The van der Waals surface area contributed by atoms with E-state index < -0.39 is 0 Å². The van der Waals surface area contributed by atoms with Crippen molar-refractivity contribution in [1.82, 2.24) is 30.6 Å². The quantitative estimate of drug-likeness (QED) is 0.664. The van der Waals surface area contributed by atoms with E-state index in [0.717, 1.165) is 43.1 Å². The number of pyridine rings is 1. The molecule has 1 saturated heterocycles. The van der Waals surface area contributed by atoms with Crippen molar-refractivity contribution in [1.29, 1.82) is 0 Å². The highest BCUT2D eigenvalue weighted by molar-refractivity contribution is 5.22. The fourth-order valence-electron chi connectivity index (χ4n) is 3.93. The van der Waals surface area contributed by atoms with E-state index in [1.165, 1.54) is 5.56 Å². The van der Waals surface area contributed by atoms with Gasteiger partial charge in [0.1, 0.15) is 5.82 Å². The molecule has 0 aliphatic carbocycles. The molecule has 2 unspecified atom stereocenters. The number of nitrogens with one attached hydrogen (secondary N) is 2. The predicted molar refractivity (Wildman–Crippen MR) is 110 cm³/mol. The fourth-order valence-corrected chi connectivity index (χ4v) is 3.93. The number of rotatable bonds is 7. The molecular formula is C22H28N6. The van der Waals surface area contributed by atoms with E-state index in [1.807, 2.05) is 28.9 Å².